The highest BCUT2D eigenvalue weighted by atomic mass is 35.5. The Morgan fingerprint density at radius 2 is 2.17 bits per heavy atom. The third-order valence-corrected chi connectivity index (χ3v) is 3.74. The van der Waals surface area contributed by atoms with Gasteiger partial charge >= 0.3 is 0 Å². The number of anilines is 1. The van der Waals surface area contributed by atoms with Crippen molar-refractivity contribution >= 4 is 17.3 Å². The molecule has 94 valence electrons. The van der Waals surface area contributed by atoms with Crippen LogP contribution >= 0.6 is 11.6 Å². The molecule has 3 rings (SSSR count). The number of aromatic nitrogens is 4. The Labute approximate surface area is 110 Å². The Morgan fingerprint density at radius 3 is 2.83 bits per heavy atom. The second-order valence-electron chi connectivity index (χ2n) is 5.39. The maximum Gasteiger partial charge on any atom is 0.184 e. The Morgan fingerprint density at radius 1 is 1.44 bits per heavy atom. The van der Waals surface area contributed by atoms with Crippen LogP contribution in [0.1, 0.15) is 26.3 Å². The summed E-state index contributed by atoms with van der Waals surface area (Å²) in [7, 11) is 0. The van der Waals surface area contributed by atoms with Gasteiger partial charge in [-0.25, -0.2) is 4.68 Å². The van der Waals surface area contributed by atoms with E-state index in [2.05, 4.69) is 29.4 Å². The first-order valence-corrected chi connectivity index (χ1v) is 6.20. The van der Waals surface area contributed by atoms with Crippen molar-refractivity contribution in [2.45, 2.75) is 26.3 Å². The number of rotatable bonds is 2. The minimum absolute atomic E-state index is 0.247. The van der Waals surface area contributed by atoms with Crippen molar-refractivity contribution in [1.29, 1.82) is 0 Å². The van der Waals surface area contributed by atoms with Gasteiger partial charge in [-0.15, -0.1) is 5.10 Å². The van der Waals surface area contributed by atoms with Gasteiger partial charge in [0.1, 0.15) is 0 Å². The molecule has 1 unspecified atom stereocenters. The molecule has 1 saturated carbocycles. The Kier molecular flexibility index (Phi) is 2.35. The van der Waals surface area contributed by atoms with Crippen molar-refractivity contribution in [2.75, 3.05) is 5.73 Å². The lowest BCUT2D eigenvalue weighted by Crippen LogP contribution is -2.05. The van der Waals surface area contributed by atoms with E-state index in [9.17, 15) is 0 Å². The number of tetrazole rings is 1. The first-order chi connectivity index (χ1) is 8.49. The molecule has 1 fully saturated rings. The van der Waals surface area contributed by atoms with Crippen molar-refractivity contribution < 1.29 is 0 Å². The Hall–Kier alpha value is -1.62. The average Bonchev–Trinajstić information content (AvgIpc) is 2.77. The number of hydrogen-bond donors (Lipinski definition) is 1. The molecule has 1 aromatic carbocycles. The normalized spacial score (nSPS) is 20.9. The lowest BCUT2D eigenvalue weighted by atomic mass is 10.1. The third kappa shape index (κ3) is 1.75. The maximum atomic E-state index is 6.00. The second kappa shape index (κ2) is 3.68. The van der Waals surface area contributed by atoms with Gasteiger partial charge in [0.15, 0.2) is 5.82 Å². The van der Waals surface area contributed by atoms with E-state index in [-0.39, 0.29) is 5.41 Å². The summed E-state index contributed by atoms with van der Waals surface area (Å²) in [4.78, 5) is 0. The van der Waals surface area contributed by atoms with E-state index < -0.39 is 0 Å². The van der Waals surface area contributed by atoms with E-state index in [0.717, 1.165) is 12.0 Å². The van der Waals surface area contributed by atoms with Gasteiger partial charge < -0.3 is 5.73 Å². The zero-order valence-corrected chi connectivity index (χ0v) is 11.0. The number of benzene rings is 1. The summed E-state index contributed by atoms with van der Waals surface area (Å²) in [6.07, 6.45) is 1.07. The van der Waals surface area contributed by atoms with Crippen LogP contribution in [0.4, 0.5) is 5.69 Å². The molecule has 2 N–H and O–H groups in total. The fourth-order valence-electron chi connectivity index (χ4n) is 2.16. The van der Waals surface area contributed by atoms with Crippen molar-refractivity contribution in [3.8, 4) is 11.4 Å². The van der Waals surface area contributed by atoms with Crippen molar-refractivity contribution in [3.05, 3.63) is 23.2 Å². The molecule has 5 nitrogen and oxygen atoms in total. The molecular formula is C12H14ClN5. The summed E-state index contributed by atoms with van der Waals surface area (Å²) >= 11 is 6.00. The van der Waals surface area contributed by atoms with E-state index in [0.29, 0.717) is 22.6 Å². The summed E-state index contributed by atoms with van der Waals surface area (Å²) in [6.45, 7) is 4.40. The van der Waals surface area contributed by atoms with Crippen LogP contribution in [0, 0.1) is 5.41 Å². The fraction of sp³-hybridized carbons (Fsp3) is 0.417. The molecule has 6 heteroatoms. The molecule has 1 aliphatic rings. The minimum Gasteiger partial charge on any atom is -0.398 e. The number of halogens is 1. The Bertz CT molecular complexity index is 604. The van der Waals surface area contributed by atoms with Gasteiger partial charge in [-0.05, 0) is 40.5 Å². The molecule has 1 aliphatic carbocycles. The van der Waals surface area contributed by atoms with Crippen LogP contribution in [0.3, 0.4) is 0 Å². The zero-order chi connectivity index (χ0) is 12.9. The molecule has 1 aromatic heterocycles. The predicted octanol–water partition coefficient (Wildman–Crippen LogP) is 2.55. The molecular weight excluding hydrogens is 250 g/mol. The van der Waals surface area contributed by atoms with Crippen LogP contribution in [0.5, 0.6) is 0 Å². The number of nitrogen functional groups attached to an aromatic ring is 1. The summed E-state index contributed by atoms with van der Waals surface area (Å²) in [6, 6.07) is 5.67. The van der Waals surface area contributed by atoms with E-state index in [1.807, 2.05) is 4.68 Å². The molecule has 2 aromatic rings. The summed E-state index contributed by atoms with van der Waals surface area (Å²) in [5, 5.41) is 12.5. The average molecular weight is 264 g/mol. The molecule has 0 amide bonds. The standard InChI is InChI=1S/C12H14ClN5/c1-12(2)6-10(12)18-11(15-16-17-18)8-5-7(13)3-4-9(8)14/h3-5,10H,6,14H2,1-2H3. The lowest BCUT2D eigenvalue weighted by molar-refractivity contribution is 0.497. The highest BCUT2D eigenvalue weighted by molar-refractivity contribution is 6.31. The second-order valence-corrected chi connectivity index (χ2v) is 5.82. The van der Waals surface area contributed by atoms with Crippen LogP contribution in [-0.2, 0) is 0 Å². The number of nitrogens with two attached hydrogens (primary N) is 1. The van der Waals surface area contributed by atoms with Crippen molar-refractivity contribution in [2.24, 2.45) is 5.41 Å². The van der Waals surface area contributed by atoms with Gasteiger partial charge in [0.25, 0.3) is 0 Å². The summed E-state index contributed by atoms with van der Waals surface area (Å²) in [5.74, 6) is 0.686. The van der Waals surface area contributed by atoms with Gasteiger partial charge in [0.05, 0.1) is 6.04 Å². The number of hydrogen-bond acceptors (Lipinski definition) is 4. The van der Waals surface area contributed by atoms with E-state index in [1.54, 1.807) is 18.2 Å². The SMILES string of the molecule is CC1(C)CC1n1nnnc1-c1cc(Cl)ccc1N. The lowest BCUT2D eigenvalue weighted by Gasteiger charge is -2.08. The Balaban J connectivity index is 2.08. The summed E-state index contributed by atoms with van der Waals surface area (Å²) in [5.41, 5.74) is 7.64. The monoisotopic (exact) mass is 263 g/mol. The van der Waals surface area contributed by atoms with Crippen molar-refractivity contribution in [3.63, 3.8) is 0 Å². The molecule has 1 heterocycles. The highest BCUT2D eigenvalue weighted by Gasteiger charge is 2.49. The smallest absolute Gasteiger partial charge is 0.184 e. The molecule has 0 spiro atoms. The van der Waals surface area contributed by atoms with Crippen LogP contribution in [0.2, 0.25) is 5.02 Å². The van der Waals surface area contributed by atoms with E-state index in [4.69, 9.17) is 17.3 Å². The van der Waals surface area contributed by atoms with Gasteiger partial charge in [0, 0.05) is 16.3 Å². The predicted molar refractivity (Wildman–Crippen MR) is 70.1 cm³/mol. The van der Waals surface area contributed by atoms with E-state index in [1.165, 1.54) is 0 Å². The highest BCUT2D eigenvalue weighted by Crippen LogP contribution is 2.56. The first-order valence-electron chi connectivity index (χ1n) is 5.82. The van der Waals surface area contributed by atoms with E-state index >= 15 is 0 Å². The topological polar surface area (TPSA) is 69.6 Å². The molecule has 0 aliphatic heterocycles. The minimum atomic E-state index is 0.247. The zero-order valence-electron chi connectivity index (χ0n) is 10.3. The van der Waals surface area contributed by atoms with Gasteiger partial charge in [-0.1, -0.05) is 25.4 Å². The van der Waals surface area contributed by atoms with Crippen LogP contribution in [-0.4, -0.2) is 20.2 Å². The van der Waals surface area contributed by atoms with Gasteiger partial charge in [-0.3, -0.25) is 0 Å². The van der Waals surface area contributed by atoms with Gasteiger partial charge in [0.2, 0.25) is 0 Å². The molecule has 0 radical (unpaired) electrons. The van der Waals surface area contributed by atoms with Gasteiger partial charge in [-0.2, -0.15) is 0 Å². The fourth-order valence-corrected chi connectivity index (χ4v) is 2.33. The largest absolute Gasteiger partial charge is 0.398 e. The first kappa shape index (κ1) is 11.5. The van der Waals surface area contributed by atoms with Crippen LogP contribution < -0.4 is 5.73 Å². The molecule has 18 heavy (non-hydrogen) atoms. The molecule has 1 atom stereocenters. The number of nitrogens with zero attached hydrogens (tertiary/aromatic N) is 4. The summed E-state index contributed by atoms with van der Waals surface area (Å²) < 4.78 is 1.85. The maximum absolute atomic E-state index is 6.00. The third-order valence-electron chi connectivity index (χ3n) is 3.51. The van der Waals surface area contributed by atoms with Crippen molar-refractivity contribution in [1.82, 2.24) is 20.2 Å². The van der Waals surface area contributed by atoms with Crippen LogP contribution in [0.25, 0.3) is 11.4 Å². The molecule has 0 bridgehead atoms. The quantitative estimate of drug-likeness (QED) is 0.846. The molecule has 0 saturated heterocycles. The van der Waals surface area contributed by atoms with Crippen LogP contribution in [0.15, 0.2) is 18.2 Å².